The Kier molecular flexibility index (Phi) is 3.09. The molecule has 1 aliphatic heterocycles. The molecule has 0 spiro atoms. The Bertz CT molecular complexity index is 802. The van der Waals surface area contributed by atoms with Gasteiger partial charge in [-0.15, -0.1) is 0 Å². The lowest BCUT2D eigenvalue weighted by Gasteiger charge is -2.22. The average molecular weight is 297 g/mol. The molecule has 0 unspecified atom stereocenters. The SMILES string of the molecule is C[C@@]1(c2ccc3ccccc3c2)NC(=O)N(CC(N)=O)C1=O. The Morgan fingerprint density at radius 3 is 2.55 bits per heavy atom. The van der Waals surface area contributed by atoms with Crippen LogP contribution in [0.2, 0.25) is 0 Å². The third kappa shape index (κ3) is 2.09. The van der Waals surface area contributed by atoms with Gasteiger partial charge in [0.15, 0.2) is 0 Å². The minimum Gasteiger partial charge on any atom is -0.368 e. The third-order valence-corrected chi connectivity index (χ3v) is 3.92. The Morgan fingerprint density at radius 2 is 1.86 bits per heavy atom. The number of urea groups is 1. The molecule has 1 aliphatic rings. The predicted octanol–water partition coefficient (Wildman–Crippen LogP) is 1.09. The number of hydrogen-bond donors (Lipinski definition) is 2. The van der Waals surface area contributed by atoms with Crippen molar-refractivity contribution in [3.63, 3.8) is 0 Å². The van der Waals surface area contributed by atoms with Crippen LogP contribution in [0, 0.1) is 0 Å². The number of benzene rings is 2. The minimum atomic E-state index is -1.20. The minimum absolute atomic E-state index is 0.423. The molecular formula is C16H15N3O3. The van der Waals surface area contributed by atoms with E-state index in [1.807, 2.05) is 36.4 Å². The van der Waals surface area contributed by atoms with Crippen LogP contribution in [0.1, 0.15) is 12.5 Å². The molecule has 6 heteroatoms. The van der Waals surface area contributed by atoms with Crippen molar-refractivity contribution < 1.29 is 14.4 Å². The maximum Gasteiger partial charge on any atom is 0.325 e. The summed E-state index contributed by atoms with van der Waals surface area (Å²) in [6, 6.07) is 12.7. The van der Waals surface area contributed by atoms with Crippen molar-refractivity contribution >= 4 is 28.6 Å². The van der Waals surface area contributed by atoms with Crippen molar-refractivity contribution in [3.05, 3.63) is 48.0 Å². The van der Waals surface area contributed by atoms with Gasteiger partial charge in [0, 0.05) is 0 Å². The fourth-order valence-electron chi connectivity index (χ4n) is 2.69. The van der Waals surface area contributed by atoms with E-state index in [1.165, 1.54) is 0 Å². The van der Waals surface area contributed by atoms with Crippen LogP contribution in [0.3, 0.4) is 0 Å². The summed E-state index contributed by atoms with van der Waals surface area (Å²) < 4.78 is 0. The highest BCUT2D eigenvalue weighted by Gasteiger charge is 2.49. The zero-order chi connectivity index (χ0) is 15.9. The molecule has 0 aromatic heterocycles. The van der Waals surface area contributed by atoms with Gasteiger partial charge in [-0.05, 0) is 29.3 Å². The molecule has 1 atom stereocenters. The van der Waals surface area contributed by atoms with E-state index in [-0.39, 0.29) is 0 Å². The van der Waals surface area contributed by atoms with Crippen LogP contribution in [-0.2, 0) is 15.1 Å². The molecule has 1 fully saturated rings. The van der Waals surface area contributed by atoms with Crippen LogP contribution in [0.15, 0.2) is 42.5 Å². The van der Waals surface area contributed by atoms with Gasteiger partial charge >= 0.3 is 6.03 Å². The molecule has 0 radical (unpaired) electrons. The van der Waals surface area contributed by atoms with E-state index in [1.54, 1.807) is 13.0 Å². The molecule has 1 heterocycles. The van der Waals surface area contributed by atoms with E-state index >= 15 is 0 Å². The fourth-order valence-corrected chi connectivity index (χ4v) is 2.69. The van der Waals surface area contributed by atoms with Crippen LogP contribution in [0.4, 0.5) is 4.79 Å². The lowest BCUT2D eigenvalue weighted by molar-refractivity contribution is -0.134. The summed E-state index contributed by atoms with van der Waals surface area (Å²) in [5.41, 5.74) is 4.55. The summed E-state index contributed by atoms with van der Waals surface area (Å²) in [5, 5.41) is 4.66. The Hall–Kier alpha value is -2.89. The van der Waals surface area contributed by atoms with Crippen molar-refractivity contribution in [2.75, 3.05) is 6.54 Å². The van der Waals surface area contributed by atoms with Crippen LogP contribution in [0.5, 0.6) is 0 Å². The number of hydrogen-bond acceptors (Lipinski definition) is 3. The van der Waals surface area contributed by atoms with Crippen LogP contribution in [0.25, 0.3) is 10.8 Å². The van der Waals surface area contributed by atoms with Crippen molar-refractivity contribution in [2.45, 2.75) is 12.5 Å². The summed E-state index contributed by atoms with van der Waals surface area (Å²) in [6.07, 6.45) is 0. The third-order valence-electron chi connectivity index (χ3n) is 3.92. The van der Waals surface area contributed by atoms with E-state index in [0.29, 0.717) is 5.56 Å². The number of carbonyl (C=O) groups is 3. The topological polar surface area (TPSA) is 92.5 Å². The first-order chi connectivity index (χ1) is 10.4. The van der Waals surface area contributed by atoms with Crippen molar-refractivity contribution in [3.8, 4) is 0 Å². The summed E-state index contributed by atoms with van der Waals surface area (Å²) in [6.45, 7) is 1.20. The number of amides is 4. The number of rotatable bonds is 3. The molecule has 6 nitrogen and oxygen atoms in total. The van der Waals surface area contributed by atoms with Gasteiger partial charge in [-0.1, -0.05) is 36.4 Å². The monoisotopic (exact) mass is 297 g/mol. The molecule has 3 N–H and O–H groups in total. The first-order valence-corrected chi connectivity index (χ1v) is 6.83. The smallest absolute Gasteiger partial charge is 0.325 e. The quantitative estimate of drug-likeness (QED) is 0.831. The van der Waals surface area contributed by atoms with Crippen molar-refractivity contribution in [1.29, 1.82) is 0 Å². The predicted molar refractivity (Wildman–Crippen MR) is 80.7 cm³/mol. The second kappa shape index (κ2) is 4.84. The largest absolute Gasteiger partial charge is 0.368 e. The second-order valence-electron chi connectivity index (χ2n) is 5.47. The van der Waals surface area contributed by atoms with Crippen molar-refractivity contribution in [1.82, 2.24) is 10.2 Å². The zero-order valence-corrected chi connectivity index (χ0v) is 12.0. The Balaban J connectivity index is 2.03. The standard InChI is InChI=1S/C16H15N3O3/c1-16(14(21)19(9-13(17)20)15(22)18-16)12-7-6-10-4-2-3-5-11(10)8-12/h2-8H,9H2,1H3,(H2,17,20)(H,18,22)/t16-/m0/s1. The molecule has 4 amide bonds. The number of nitrogens with two attached hydrogens (primary N) is 1. The Labute approximate surface area is 126 Å². The van der Waals surface area contributed by atoms with Gasteiger partial charge in [0.2, 0.25) is 5.91 Å². The van der Waals surface area contributed by atoms with E-state index in [2.05, 4.69) is 5.32 Å². The van der Waals surface area contributed by atoms with E-state index in [4.69, 9.17) is 5.73 Å². The Morgan fingerprint density at radius 1 is 1.18 bits per heavy atom. The van der Waals surface area contributed by atoms with Crippen LogP contribution < -0.4 is 11.1 Å². The zero-order valence-electron chi connectivity index (χ0n) is 12.0. The molecule has 2 aromatic carbocycles. The fraction of sp³-hybridized carbons (Fsp3) is 0.188. The van der Waals surface area contributed by atoms with Gasteiger partial charge in [-0.2, -0.15) is 0 Å². The normalized spacial score (nSPS) is 21.2. The lowest BCUT2D eigenvalue weighted by atomic mass is 9.90. The molecule has 22 heavy (non-hydrogen) atoms. The molecule has 3 rings (SSSR count). The van der Waals surface area contributed by atoms with Gasteiger partial charge in [0.25, 0.3) is 5.91 Å². The molecule has 0 saturated carbocycles. The number of fused-ring (bicyclic) bond motifs is 1. The van der Waals surface area contributed by atoms with Gasteiger partial charge in [0.1, 0.15) is 12.1 Å². The van der Waals surface area contributed by atoms with E-state index < -0.39 is 29.9 Å². The number of nitrogens with zero attached hydrogens (tertiary/aromatic N) is 1. The highest BCUT2D eigenvalue weighted by molar-refractivity contribution is 6.09. The van der Waals surface area contributed by atoms with Crippen molar-refractivity contribution in [2.24, 2.45) is 5.73 Å². The average Bonchev–Trinajstić information content (AvgIpc) is 2.71. The summed E-state index contributed by atoms with van der Waals surface area (Å²) in [4.78, 5) is 36.4. The first kappa shape index (κ1) is 14.1. The second-order valence-corrected chi connectivity index (χ2v) is 5.47. The van der Waals surface area contributed by atoms with E-state index in [0.717, 1.165) is 15.7 Å². The lowest BCUT2D eigenvalue weighted by Crippen LogP contribution is -2.42. The highest BCUT2D eigenvalue weighted by atomic mass is 16.2. The molecular weight excluding hydrogens is 282 g/mol. The number of carbonyl (C=O) groups excluding carboxylic acids is 3. The maximum atomic E-state index is 12.5. The molecule has 112 valence electrons. The summed E-state index contributed by atoms with van der Waals surface area (Å²) in [7, 11) is 0. The molecule has 1 saturated heterocycles. The van der Waals surface area contributed by atoms with Crippen LogP contribution >= 0.6 is 0 Å². The van der Waals surface area contributed by atoms with Gasteiger partial charge in [-0.3, -0.25) is 14.5 Å². The maximum absolute atomic E-state index is 12.5. The van der Waals surface area contributed by atoms with E-state index in [9.17, 15) is 14.4 Å². The molecule has 0 aliphatic carbocycles. The number of nitrogens with one attached hydrogen (secondary N) is 1. The number of imide groups is 1. The van der Waals surface area contributed by atoms with Crippen LogP contribution in [-0.4, -0.2) is 29.3 Å². The first-order valence-electron chi connectivity index (χ1n) is 6.83. The van der Waals surface area contributed by atoms with Gasteiger partial charge < -0.3 is 11.1 Å². The summed E-state index contributed by atoms with van der Waals surface area (Å²) in [5.74, 6) is -1.21. The van der Waals surface area contributed by atoms with Gasteiger partial charge in [-0.25, -0.2) is 4.79 Å². The molecule has 2 aromatic rings. The number of primary amides is 1. The molecule has 0 bridgehead atoms. The summed E-state index contributed by atoms with van der Waals surface area (Å²) >= 11 is 0. The highest BCUT2D eigenvalue weighted by Crippen LogP contribution is 2.30. The van der Waals surface area contributed by atoms with Gasteiger partial charge in [0.05, 0.1) is 0 Å².